The minimum Gasteiger partial charge on any atom is -0.275 e. The van der Waals surface area contributed by atoms with Gasteiger partial charge in [0.05, 0.1) is 0 Å². The quantitative estimate of drug-likeness (QED) is 0.635. The molecule has 0 bridgehead atoms. The fourth-order valence-corrected chi connectivity index (χ4v) is 2.14. The van der Waals surface area contributed by atoms with Gasteiger partial charge in [0.25, 0.3) is 0 Å². The molecule has 0 aromatic heterocycles. The number of nitrogens with zero attached hydrogens (tertiary/aromatic N) is 1. The standard InChI is InChI=1S/C9H16N2O/c12-9-6-3-7-10-11(9)8-4-1-2-5-8/h8,10H,1-7H2. The predicted octanol–water partition coefficient (Wildman–Crippen LogP) is 1.06. The maximum Gasteiger partial charge on any atom is 0.236 e. The van der Waals surface area contributed by atoms with Crippen LogP contribution in [0.5, 0.6) is 0 Å². The minimum atomic E-state index is 0.299. The SMILES string of the molecule is O=C1CCCNN1C1CCCC1. The second-order valence-corrected chi connectivity index (χ2v) is 3.71. The lowest BCUT2D eigenvalue weighted by Crippen LogP contribution is -2.51. The van der Waals surface area contributed by atoms with Crippen LogP contribution in [0.4, 0.5) is 0 Å². The summed E-state index contributed by atoms with van der Waals surface area (Å²) >= 11 is 0. The van der Waals surface area contributed by atoms with Crippen LogP contribution in [0.2, 0.25) is 0 Å². The molecule has 1 saturated carbocycles. The van der Waals surface area contributed by atoms with Crippen molar-refractivity contribution in [1.82, 2.24) is 10.4 Å². The van der Waals surface area contributed by atoms with Crippen LogP contribution >= 0.6 is 0 Å². The molecule has 1 N–H and O–H groups in total. The lowest BCUT2D eigenvalue weighted by atomic mass is 10.2. The van der Waals surface area contributed by atoms with E-state index in [0.717, 1.165) is 19.4 Å². The second-order valence-electron chi connectivity index (χ2n) is 3.71. The Bertz CT molecular complexity index is 175. The second kappa shape index (κ2) is 3.44. The third-order valence-corrected chi connectivity index (χ3v) is 2.81. The number of carbonyl (C=O) groups is 1. The molecule has 1 aliphatic heterocycles. The molecule has 0 aromatic carbocycles. The van der Waals surface area contributed by atoms with E-state index in [1.165, 1.54) is 25.7 Å². The summed E-state index contributed by atoms with van der Waals surface area (Å²) in [7, 11) is 0. The first-order valence-electron chi connectivity index (χ1n) is 4.93. The van der Waals surface area contributed by atoms with Crippen LogP contribution in [-0.4, -0.2) is 23.5 Å². The Morgan fingerprint density at radius 2 is 2.00 bits per heavy atom. The van der Waals surface area contributed by atoms with Gasteiger partial charge in [-0.15, -0.1) is 0 Å². The first kappa shape index (κ1) is 8.05. The monoisotopic (exact) mass is 168 g/mol. The number of nitrogens with one attached hydrogen (secondary N) is 1. The zero-order chi connectivity index (χ0) is 8.39. The summed E-state index contributed by atoms with van der Waals surface area (Å²) in [4.78, 5) is 11.4. The molecule has 3 heteroatoms. The van der Waals surface area contributed by atoms with Crippen molar-refractivity contribution >= 4 is 5.91 Å². The predicted molar refractivity (Wildman–Crippen MR) is 46.3 cm³/mol. The summed E-state index contributed by atoms with van der Waals surface area (Å²) in [5.41, 5.74) is 3.19. The summed E-state index contributed by atoms with van der Waals surface area (Å²) in [5, 5.41) is 1.89. The highest BCUT2D eigenvalue weighted by atomic mass is 16.2. The van der Waals surface area contributed by atoms with E-state index in [1.54, 1.807) is 0 Å². The van der Waals surface area contributed by atoms with Crippen LogP contribution in [0.3, 0.4) is 0 Å². The largest absolute Gasteiger partial charge is 0.275 e. The lowest BCUT2D eigenvalue weighted by Gasteiger charge is -2.32. The minimum absolute atomic E-state index is 0.299. The smallest absolute Gasteiger partial charge is 0.236 e. The Kier molecular flexibility index (Phi) is 2.30. The van der Waals surface area contributed by atoms with Gasteiger partial charge in [-0.1, -0.05) is 12.8 Å². The zero-order valence-corrected chi connectivity index (χ0v) is 7.38. The van der Waals surface area contributed by atoms with Gasteiger partial charge < -0.3 is 0 Å². The third kappa shape index (κ3) is 1.46. The first-order chi connectivity index (χ1) is 5.88. The molecule has 0 atom stereocenters. The Hall–Kier alpha value is -0.570. The molecule has 1 heterocycles. The van der Waals surface area contributed by atoms with Gasteiger partial charge in [-0.2, -0.15) is 0 Å². The van der Waals surface area contributed by atoms with E-state index in [4.69, 9.17) is 0 Å². The summed E-state index contributed by atoms with van der Waals surface area (Å²) in [6.07, 6.45) is 6.70. The number of hydrogen-bond acceptors (Lipinski definition) is 2. The highest BCUT2D eigenvalue weighted by molar-refractivity contribution is 5.76. The summed E-state index contributed by atoms with van der Waals surface area (Å²) in [6, 6.07) is 0.498. The molecule has 2 aliphatic rings. The van der Waals surface area contributed by atoms with Gasteiger partial charge >= 0.3 is 0 Å². The molecule has 1 aliphatic carbocycles. The number of hydrogen-bond donors (Lipinski definition) is 1. The maximum atomic E-state index is 11.4. The molecule has 12 heavy (non-hydrogen) atoms. The highest BCUT2D eigenvalue weighted by Gasteiger charge is 2.27. The van der Waals surface area contributed by atoms with Crippen LogP contribution in [-0.2, 0) is 4.79 Å². The molecule has 1 amide bonds. The van der Waals surface area contributed by atoms with Crippen molar-refractivity contribution in [2.75, 3.05) is 6.54 Å². The summed E-state index contributed by atoms with van der Waals surface area (Å²) in [5.74, 6) is 0.299. The van der Waals surface area contributed by atoms with Gasteiger partial charge in [0.1, 0.15) is 0 Å². The van der Waals surface area contributed by atoms with E-state index >= 15 is 0 Å². The third-order valence-electron chi connectivity index (χ3n) is 2.81. The molecule has 0 unspecified atom stereocenters. The number of amides is 1. The molecule has 1 saturated heterocycles. The zero-order valence-electron chi connectivity index (χ0n) is 7.38. The van der Waals surface area contributed by atoms with E-state index in [1.807, 2.05) is 5.01 Å². The Morgan fingerprint density at radius 1 is 1.25 bits per heavy atom. The van der Waals surface area contributed by atoms with E-state index in [0.29, 0.717) is 11.9 Å². The fourth-order valence-electron chi connectivity index (χ4n) is 2.14. The summed E-state index contributed by atoms with van der Waals surface area (Å²) < 4.78 is 0. The maximum absolute atomic E-state index is 11.4. The molecule has 68 valence electrons. The van der Waals surface area contributed by atoms with E-state index in [9.17, 15) is 4.79 Å². The van der Waals surface area contributed by atoms with Crippen molar-refractivity contribution in [3.05, 3.63) is 0 Å². The highest BCUT2D eigenvalue weighted by Crippen LogP contribution is 2.23. The molecule has 2 fully saturated rings. The van der Waals surface area contributed by atoms with Crippen molar-refractivity contribution in [2.45, 2.75) is 44.6 Å². The van der Waals surface area contributed by atoms with E-state index in [2.05, 4.69) is 5.43 Å². The lowest BCUT2D eigenvalue weighted by molar-refractivity contribution is -0.139. The summed E-state index contributed by atoms with van der Waals surface area (Å²) in [6.45, 7) is 0.974. The Labute approximate surface area is 73.1 Å². The number of rotatable bonds is 1. The Balaban J connectivity index is 1.95. The molecular weight excluding hydrogens is 152 g/mol. The average Bonchev–Trinajstić information content (AvgIpc) is 2.57. The fraction of sp³-hybridized carbons (Fsp3) is 0.889. The Morgan fingerprint density at radius 3 is 2.67 bits per heavy atom. The molecule has 0 spiro atoms. The van der Waals surface area contributed by atoms with Gasteiger partial charge in [-0.05, 0) is 19.3 Å². The van der Waals surface area contributed by atoms with Crippen molar-refractivity contribution in [2.24, 2.45) is 0 Å². The van der Waals surface area contributed by atoms with Gasteiger partial charge in [0.2, 0.25) is 5.91 Å². The van der Waals surface area contributed by atoms with Crippen LogP contribution in [0, 0.1) is 0 Å². The molecule has 3 nitrogen and oxygen atoms in total. The van der Waals surface area contributed by atoms with Gasteiger partial charge in [0, 0.05) is 19.0 Å². The molecule has 0 radical (unpaired) electrons. The first-order valence-corrected chi connectivity index (χ1v) is 4.93. The van der Waals surface area contributed by atoms with E-state index in [-0.39, 0.29) is 0 Å². The van der Waals surface area contributed by atoms with Crippen LogP contribution in [0.25, 0.3) is 0 Å². The van der Waals surface area contributed by atoms with Crippen LogP contribution < -0.4 is 5.43 Å². The van der Waals surface area contributed by atoms with Gasteiger partial charge in [-0.3, -0.25) is 9.80 Å². The van der Waals surface area contributed by atoms with Crippen molar-refractivity contribution in [1.29, 1.82) is 0 Å². The van der Waals surface area contributed by atoms with Crippen LogP contribution in [0.15, 0.2) is 0 Å². The van der Waals surface area contributed by atoms with Crippen molar-refractivity contribution < 1.29 is 4.79 Å². The van der Waals surface area contributed by atoms with Crippen molar-refractivity contribution in [3.63, 3.8) is 0 Å². The van der Waals surface area contributed by atoms with Gasteiger partial charge in [0.15, 0.2) is 0 Å². The van der Waals surface area contributed by atoms with E-state index < -0.39 is 0 Å². The number of carbonyl (C=O) groups excluding carboxylic acids is 1. The topological polar surface area (TPSA) is 32.3 Å². The molecular formula is C9H16N2O. The average molecular weight is 168 g/mol. The van der Waals surface area contributed by atoms with Crippen molar-refractivity contribution in [3.8, 4) is 0 Å². The molecule has 0 aromatic rings. The normalized spacial score (nSPS) is 26.7. The number of hydrazine groups is 1. The van der Waals surface area contributed by atoms with Gasteiger partial charge in [-0.25, -0.2) is 5.43 Å². The van der Waals surface area contributed by atoms with Crippen LogP contribution in [0.1, 0.15) is 38.5 Å². The molecule has 2 rings (SSSR count).